The van der Waals surface area contributed by atoms with Crippen LogP contribution in [-0.4, -0.2) is 34.8 Å². The van der Waals surface area contributed by atoms with Gasteiger partial charge in [0.05, 0.1) is 19.3 Å². The van der Waals surface area contributed by atoms with Crippen molar-refractivity contribution in [3.05, 3.63) is 47.4 Å². The van der Waals surface area contributed by atoms with E-state index in [1.165, 1.54) is 12.8 Å². The first kappa shape index (κ1) is 15.4. The fourth-order valence-corrected chi connectivity index (χ4v) is 3.48. The summed E-state index contributed by atoms with van der Waals surface area (Å²) < 4.78 is 5.35. The monoisotopic (exact) mass is 325 g/mol. The fraction of sp³-hybridized carbons (Fsp3) is 0.474. The number of methoxy groups -OCH3 is 1. The number of aromatic nitrogens is 2. The first-order chi connectivity index (χ1) is 11.6. The number of aliphatic hydroxyl groups is 1. The number of ether oxygens (including phenoxy) is 1. The van der Waals surface area contributed by atoms with Gasteiger partial charge in [0.1, 0.15) is 17.4 Å². The molecule has 1 saturated heterocycles. The smallest absolute Gasteiger partial charge is 0.134 e. The molecule has 0 amide bonds. The highest BCUT2D eigenvalue weighted by molar-refractivity contribution is 5.47. The van der Waals surface area contributed by atoms with Crippen LogP contribution in [0.4, 0.5) is 5.82 Å². The molecule has 2 atom stereocenters. The van der Waals surface area contributed by atoms with Crippen LogP contribution in [0.1, 0.15) is 48.3 Å². The van der Waals surface area contributed by atoms with Crippen molar-refractivity contribution in [3.8, 4) is 5.75 Å². The van der Waals surface area contributed by atoms with Gasteiger partial charge in [0, 0.05) is 24.2 Å². The Bertz CT molecular complexity index is 745. The molecule has 0 radical (unpaired) electrons. The van der Waals surface area contributed by atoms with Gasteiger partial charge in [-0.05, 0) is 43.9 Å². The summed E-state index contributed by atoms with van der Waals surface area (Å²) in [4.78, 5) is 11.6. The molecule has 126 valence electrons. The third-order valence-electron chi connectivity index (χ3n) is 4.85. The van der Waals surface area contributed by atoms with Crippen molar-refractivity contribution in [3.63, 3.8) is 0 Å². The molecule has 4 rings (SSSR count). The van der Waals surface area contributed by atoms with Crippen LogP contribution in [0.3, 0.4) is 0 Å². The van der Waals surface area contributed by atoms with Crippen LogP contribution in [0, 0.1) is 6.92 Å². The van der Waals surface area contributed by atoms with Crippen LogP contribution >= 0.6 is 0 Å². The summed E-state index contributed by atoms with van der Waals surface area (Å²) in [6.45, 7) is 2.62. The largest absolute Gasteiger partial charge is 0.497 e. The second-order valence-electron chi connectivity index (χ2n) is 6.83. The molecule has 0 spiro atoms. The van der Waals surface area contributed by atoms with Crippen molar-refractivity contribution in [2.75, 3.05) is 18.6 Å². The highest BCUT2D eigenvalue weighted by Gasteiger charge is 2.34. The van der Waals surface area contributed by atoms with Crippen molar-refractivity contribution in [2.45, 2.75) is 44.2 Å². The molecule has 24 heavy (non-hydrogen) atoms. The van der Waals surface area contributed by atoms with Crippen molar-refractivity contribution < 1.29 is 9.84 Å². The molecule has 5 nitrogen and oxygen atoms in total. The number of aliphatic hydroxyl groups excluding tert-OH is 1. The first-order valence-corrected chi connectivity index (χ1v) is 8.58. The molecule has 0 unspecified atom stereocenters. The van der Waals surface area contributed by atoms with E-state index in [4.69, 9.17) is 9.72 Å². The Balaban J connectivity index is 1.70. The lowest BCUT2D eigenvalue weighted by Gasteiger charge is -2.26. The number of rotatable bonds is 4. The molecule has 0 bridgehead atoms. The molecular formula is C19H23N3O2. The third kappa shape index (κ3) is 2.96. The molecule has 2 aromatic rings. The van der Waals surface area contributed by atoms with Crippen LogP contribution in [0.5, 0.6) is 5.75 Å². The summed E-state index contributed by atoms with van der Waals surface area (Å²) >= 11 is 0. The topological polar surface area (TPSA) is 58.5 Å². The van der Waals surface area contributed by atoms with Crippen LogP contribution in [0.2, 0.25) is 0 Å². The van der Waals surface area contributed by atoms with Gasteiger partial charge < -0.3 is 14.7 Å². The molecule has 1 saturated carbocycles. The summed E-state index contributed by atoms with van der Waals surface area (Å²) in [7, 11) is 1.68. The lowest BCUT2D eigenvalue weighted by molar-refractivity contribution is 0.194. The highest BCUT2D eigenvalue weighted by atomic mass is 16.5. The first-order valence-electron chi connectivity index (χ1n) is 8.58. The Labute approximate surface area is 142 Å². The number of hydrogen-bond donors (Lipinski definition) is 1. The number of β-amino-alcohol motifs (C(OH)–C–C–N with tert-alkyl or cyclic N) is 1. The van der Waals surface area contributed by atoms with E-state index in [2.05, 4.69) is 16.0 Å². The Morgan fingerprint density at radius 3 is 2.79 bits per heavy atom. The van der Waals surface area contributed by atoms with E-state index in [9.17, 15) is 5.11 Å². The zero-order valence-corrected chi connectivity index (χ0v) is 14.1. The maximum atomic E-state index is 10.3. The number of nitrogens with zero attached hydrogens (tertiary/aromatic N) is 3. The van der Waals surface area contributed by atoms with Gasteiger partial charge in [0.25, 0.3) is 0 Å². The maximum Gasteiger partial charge on any atom is 0.134 e. The summed E-state index contributed by atoms with van der Waals surface area (Å²) in [5.41, 5.74) is 2.14. The van der Waals surface area contributed by atoms with Gasteiger partial charge in [-0.15, -0.1) is 0 Å². The molecule has 1 N–H and O–H groups in total. The van der Waals surface area contributed by atoms with Crippen LogP contribution < -0.4 is 9.64 Å². The van der Waals surface area contributed by atoms with Crippen LogP contribution in [0.25, 0.3) is 0 Å². The zero-order chi connectivity index (χ0) is 16.7. The predicted molar refractivity (Wildman–Crippen MR) is 92.4 cm³/mol. The normalized spacial score (nSPS) is 23.5. The number of benzene rings is 1. The van der Waals surface area contributed by atoms with Gasteiger partial charge >= 0.3 is 0 Å². The zero-order valence-electron chi connectivity index (χ0n) is 14.1. The summed E-state index contributed by atoms with van der Waals surface area (Å²) in [6.07, 6.45) is 2.73. The Morgan fingerprint density at radius 1 is 1.21 bits per heavy atom. The van der Waals surface area contributed by atoms with E-state index in [-0.39, 0.29) is 12.1 Å². The quantitative estimate of drug-likeness (QED) is 0.936. The number of hydrogen-bond acceptors (Lipinski definition) is 5. The number of anilines is 1. The molecule has 2 fully saturated rings. The Kier molecular flexibility index (Phi) is 3.88. The SMILES string of the molecule is COc1cccc([C@@H]2C[C@@H](O)CN2c2cc(C)nc(C3CC3)n2)c1. The predicted octanol–water partition coefficient (Wildman–Crippen LogP) is 2.98. The van der Waals surface area contributed by atoms with Gasteiger partial charge in [0.15, 0.2) is 0 Å². The van der Waals surface area contributed by atoms with Crippen LogP contribution in [-0.2, 0) is 0 Å². The Morgan fingerprint density at radius 2 is 2.04 bits per heavy atom. The minimum absolute atomic E-state index is 0.108. The third-order valence-corrected chi connectivity index (χ3v) is 4.85. The lowest BCUT2D eigenvalue weighted by Crippen LogP contribution is -2.26. The highest BCUT2D eigenvalue weighted by Crippen LogP contribution is 2.41. The van der Waals surface area contributed by atoms with Crippen molar-refractivity contribution in [2.24, 2.45) is 0 Å². The van der Waals surface area contributed by atoms with Crippen LogP contribution in [0.15, 0.2) is 30.3 Å². The average molecular weight is 325 g/mol. The molecule has 1 aromatic heterocycles. The molecule has 1 aromatic carbocycles. The summed E-state index contributed by atoms with van der Waals surface area (Å²) in [6, 6.07) is 10.2. The van der Waals surface area contributed by atoms with Gasteiger partial charge in [-0.2, -0.15) is 0 Å². The minimum atomic E-state index is -0.346. The average Bonchev–Trinajstić information content (AvgIpc) is 3.36. The van der Waals surface area contributed by atoms with E-state index >= 15 is 0 Å². The minimum Gasteiger partial charge on any atom is -0.497 e. The van der Waals surface area contributed by atoms with Gasteiger partial charge in [-0.25, -0.2) is 9.97 Å². The van der Waals surface area contributed by atoms with Gasteiger partial charge in [0.2, 0.25) is 0 Å². The Hall–Kier alpha value is -2.14. The maximum absolute atomic E-state index is 10.3. The van der Waals surface area contributed by atoms with Gasteiger partial charge in [-0.3, -0.25) is 0 Å². The van der Waals surface area contributed by atoms with E-state index in [1.807, 2.05) is 31.2 Å². The summed E-state index contributed by atoms with van der Waals surface area (Å²) in [5, 5.41) is 10.3. The van der Waals surface area contributed by atoms with E-state index in [0.717, 1.165) is 28.6 Å². The summed E-state index contributed by atoms with van der Waals surface area (Å²) in [5.74, 6) is 3.24. The van der Waals surface area contributed by atoms with Crippen molar-refractivity contribution in [1.82, 2.24) is 9.97 Å². The van der Waals surface area contributed by atoms with E-state index in [0.29, 0.717) is 18.9 Å². The van der Waals surface area contributed by atoms with E-state index < -0.39 is 0 Å². The lowest BCUT2D eigenvalue weighted by atomic mass is 10.0. The van der Waals surface area contributed by atoms with Crippen molar-refractivity contribution >= 4 is 5.82 Å². The molecule has 1 aliphatic carbocycles. The molecule has 2 aliphatic rings. The second-order valence-corrected chi connectivity index (χ2v) is 6.83. The molecular weight excluding hydrogens is 302 g/mol. The number of aryl methyl sites for hydroxylation is 1. The standard InChI is InChI=1S/C19H23N3O2/c1-12-8-18(21-19(20-12)13-6-7-13)22-11-15(23)10-17(22)14-4-3-5-16(9-14)24-2/h3-5,8-9,13,15,17,23H,6-7,10-11H2,1-2H3/t15-,17+/m1/s1. The molecule has 2 heterocycles. The molecule has 1 aliphatic heterocycles. The van der Waals surface area contributed by atoms with E-state index in [1.54, 1.807) is 7.11 Å². The second kappa shape index (κ2) is 6.06. The molecule has 5 heteroatoms. The van der Waals surface area contributed by atoms with Crippen molar-refractivity contribution in [1.29, 1.82) is 0 Å². The van der Waals surface area contributed by atoms with Gasteiger partial charge in [-0.1, -0.05) is 12.1 Å². The fourth-order valence-electron chi connectivity index (χ4n) is 3.48.